The molecule has 1 heterocycles. The maximum atomic E-state index is 13.6. The molecule has 0 atom stereocenters. The predicted octanol–water partition coefficient (Wildman–Crippen LogP) is 3.89. The van der Waals surface area contributed by atoms with Crippen molar-refractivity contribution >= 4 is 40.5 Å². The van der Waals surface area contributed by atoms with Crippen LogP contribution in [-0.2, 0) is 11.3 Å². The molecule has 1 aromatic heterocycles. The third kappa shape index (κ3) is 3.64. The highest BCUT2D eigenvalue weighted by atomic mass is 35.5. The number of benzene rings is 1. The summed E-state index contributed by atoms with van der Waals surface area (Å²) in [5.41, 5.74) is 0.809. The number of halogens is 3. The van der Waals surface area contributed by atoms with E-state index in [1.807, 2.05) is 0 Å². The second kappa shape index (κ2) is 6.60. The van der Waals surface area contributed by atoms with Gasteiger partial charge in [-0.3, -0.25) is 14.2 Å². The summed E-state index contributed by atoms with van der Waals surface area (Å²) in [6.07, 6.45) is 0.247. The smallest absolute Gasteiger partial charge is 0.307 e. The van der Waals surface area contributed by atoms with Crippen LogP contribution in [0, 0.1) is 5.82 Å². The van der Waals surface area contributed by atoms with Crippen molar-refractivity contribution < 1.29 is 14.3 Å². The van der Waals surface area contributed by atoms with Crippen molar-refractivity contribution in [2.24, 2.45) is 0 Å². The monoisotopic (exact) mass is 349 g/mol. The van der Waals surface area contributed by atoms with E-state index in [0.717, 1.165) is 11.3 Å². The third-order valence-electron chi connectivity index (χ3n) is 2.84. The number of nitrogens with zero attached hydrogens (tertiary/aromatic N) is 1. The maximum Gasteiger partial charge on any atom is 0.307 e. The number of rotatable bonds is 5. The first-order valence-electron chi connectivity index (χ1n) is 5.95. The fourth-order valence-electron chi connectivity index (χ4n) is 1.86. The van der Waals surface area contributed by atoms with E-state index in [4.69, 9.17) is 28.3 Å². The van der Waals surface area contributed by atoms with Crippen LogP contribution in [0.15, 0.2) is 22.3 Å². The Morgan fingerprint density at radius 1 is 1.33 bits per heavy atom. The zero-order valence-electron chi connectivity index (χ0n) is 10.6. The third-order valence-corrected chi connectivity index (χ3v) is 4.21. The van der Waals surface area contributed by atoms with Gasteiger partial charge in [-0.2, -0.15) is 0 Å². The molecule has 112 valence electrons. The molecule has 0 aliphatic heterocycles. The lowest BCUT2D eigenvalue weighted by Crippen LogP contribution is -2.15. The van der Waals surface area contributed by atoms with Crippen LogP contribution < -0.4 is 4.87 Å². The highest BCUT2D eigenvalue weighted by Crippen LogP contribution is 2.32. The molecule has 0 unspecified atom stereocenters. The van der Waals surface area contributed by atoms with E-state index in [2.05, 4.69) is 0 Å². The SMILES string of the molecule is O=C(O)CCCn1c(-c2cc(F)c(Cl)cc2Cl)csc1=O. The molecule has 0 aliphatic rings. The van der Waals surface area contributed by atoms with E-state index in [0.29, 0.717) is 17.7 Å². The molecular formula is C13H10Cl2FNO3S. The number of carboxylic acids is 1. The molecule has 0 saturated carbocycles. The van der Waals surface area contributed by atoms with Gasteiger partial charge in [0.25, 0.3) is 0 Å². The topological polar surface area (TPSA) is 59.3 Å². The van der Waals surface area contributed by atoms with Crippen molar-refractivity contribution in [3.8, 4) is 11.3 Å². The first kappa shape index (κ1) is 16.0. The van der Waals surface area contributed by atoms with E-state index in [1.54, 1.807) is 5.38 Å². The van der Waals surface area contributed by atoms with Crippen LogP contribution in [0.5, 0.6) is 0 Å². The fraction of sp³-hybridized carbons (Fsp3) is 0.231. The van der Waals surface area contributed by atoms with Crippen molar-refractivity contribution in [3.63, 3.8) is 0 Å². The second-order valence-corrected chi connectivity index (χ2v) is 5.92. The lowest BCUT2D eigenvalue weighted by atomic mass is 10.1. The lowest BCUT2D eigenvalue weighted by molar-refractivity contribution is -0.137. The highest BCUT2D eigenvalue weighted by molar-refractivity contribution is 7.07. The lowest BCUT2D eigenvalue weighted by Gasteiger charge is -2.09. The quantitative estimate of drug-likeness (QED) is 0.833. The minimum Gasteiger partial charge on any atom is -0.481 e. The normalized spacial score (nSPS) is 10.8. The van der Waals surface area contributed by atoms with E-state index in [-0.39, 0.29) is 27.9 Å². The molecule has 1 aromatic carbocycles. The van der Waals surface area contributed by atoms with Crippen LogP contribution in [0.4, 0.5) is 4.39 Å². The number of carboxylic acid groups (broad SMARTS) is 1. The van der Waals surface area contributed by atoms with Crippen LogP contribution in [-0.4, -0.2) is 15.6 Å². The second-order valence-electron chi connectivity index (χ2n) is 4.28. The summed E-state index contributed by atoms with van der Waals surface area (Å²) in [6, 6.07) is 2.44. The number of hydrogen-bond acceptors (Lipinski definition) is 3. The van der Waals surface area contributed by atoms with Crippen LogP contribution in [0.25, 0.3) is 11.3 Å². The Kier molecular flexibility index (Phi) is 5.03. The average Bonchev–Trinajstić information content (AvgIpc) is 2.75. The minimum atomic E-state index is -0.935. The molecule has 0 fully saturated rings. The average molecular weight is 350 g/mol. The standard InChI is InChI=1S/C13H10Cl2FNO3S/c14-8-5-9(15)10(16)4-7(8)11-6-21-13(20)17(11)3-1-2-12(18)19/h4-6H,1-3H2,(H,18,19). The van der Waals surface area contributed by atoms with E-state index in [1.165, 1.54) is 16.7 Å². The molecule has 0 aliphatic carbocycles. The van der Waals surface area contributed by atoms with Gasteiger partial charge in [-0.1, -0.05) is 34.5 Å². The fourth-order valence-corrected chi connectivity index (χ4v) is 3.12. The number of hydrogen-bond donors (Lipinski definition) is 1. The molecule has 4 nitrogen and oxygen atoms in total. The zero-order chi connectivity index (χ0) is 15.6. The zero-order valence-corrected chi connectivity index (χ0v) is 12.9. The molecule has 0 bridgehead atoms. The van der Waals surface area contributed by atoms with Crippen molar-refractivity contribution in [1.29, 1.82) is 0 Å². The van der Waals surface area contributed by atoms with E-state index >= 15 is 0 Å². The van der Waals surface area contributed by atoms with Crippen LogP contribution in [0.2, 0.25) is 10.0 Å². The van der Waals surface area contributed by atoms with Crippen LogP contribution in [0.3, 0.4) is 0 Å². The molecule has 0 radical (unpaired) electrons. The summed E-state index contributed by atoms with van der Waals surface area (Å²) in [7, 11) is 0. The molecular weight excluding hydrogens is 340 g/mol. The Hall–Kier alpha value is -1.37. The summed E-state index contributed by atoms with van der Waals surface area (Å²) in [5, 5.41) is 10.3. The predicted molar refractivity (Wildman–Crippen MR) is 80.9 cm³/mol. The molecule has 2 aromatic rings. The van der Waals surface area contributed by atoms with Gasteiger partial charge in [0.15, 0.2) is 0 Å². The largest absolute Gasteiger partial charge is 0.481 e. The first-order chi connectivity index (χ1) is 9.90. The van der Waals surface area contributed by atoms with Gasteiger partial charge in [0.2, 0.25) is 0 Å². The number of thiazole rings is 1. The van der Waals surface area contributed by atoms with Gasteiger partial charge in [0, 0.05) is 23.9 Å². The van der Waals surface area contributed by atoms with Crippen molar-refractivity contribution in [2.75, 3.05) is 0 Å². The van der Waals surface area contributed by atoms with Gasteiger partial charge < -0.3 is 5.11 Å². The molecule has 21 heavy (non-hydrogen) atoms. The summed E-state index contributed by atoms with van der Waals surface area (Å²) < 4.78 is 15.0. The van der Waals surface area contributed by atoms with E-state index < -0.39 is 11.8 Å². The Labute approximate surface area is 133 Å². The summed E-state index contributed by atoms with van der Waals surface area (Å²) >= 11 is 12.6. The summed E-state index contributed by atoms with van der Waals surface area (Å²) in [4.78, 5) is 22.1. The Balaban J connectivity index is 2.39. The highest BCUT2D eigenvalue weighted by Gasteiger charge is 2.15. The van der Waals surface area contributed by atoms with Crippen LogP contribution >= 0.6 is 34.5 Å². The van der Waals surface area contributed by atoms with E-state index in [9.17, 15) is 14.0 Å². The Bertz CT molecular complexity index is 742. The van der Waals surface area contributed by atoms with Crippen LogP contribution in [0.1, 0.15) is 12.8 Å². The molecule has 1 N–H and O–H groups in total. The molecule has 2 rings (SSSR count). The van der Waals surface area contributed by atoms with Gasteiger partial charge in [-0.05, 0) is 18.6 Å². The van der Waals surface area contributed by atoms with Gasteiger partial charge in [-0.25, -0.2) is 4.39 Å². The molecule has 0 saturated heterocycles. The van der Waals surface area contributed by atoms with Gasteiger partial charge in [0.05, 0.1) is 15.7 Å². The minimum absolute atomic E-state index is 0.0512. The molecule has 8 heteroatoms. The number of carbonyl (C=O) groups is 1. The first-order valence-corrected chi connectivity index (χ1v) is 7.58. The summed E-state index contributed by atoms with van der Waals surface area (Å²) in [6.45, 7) is 0.227. The maximum absolute atomic E-state index is 13.6. The Morgan fingerprint density at radius 3 is 2.71 bits per heavy atom. The molecule has 0 spiro atoms. The summed E-state index contributed by atoms with van der Waals surface area (Å²) in [5.74, 6) is -1.57. The van der Waals surface area contributed by atoms with Crippen molar-refractivity contribution in [3.05, 3.63) is 43.0 Å². The van der Waals surface area contributed by atoms with Gasteiger partial charge in [-0.15, -0.1) is 0 Å². The number of aromatic nitrogens is 1. The van der Waals surface area contributed by atoms with Crippen molar-refractivity contribution in [2.45, 2.75) is 19.4 Å². The van der Waals surface area contributed by atoms with Gasteiger partial charge in [0.1, 0.15) is 5.82 Å². The van der Waals surface area contributed by atoms with Gasteiger partial charge >= 0.3 is 10.8 Å². The van der Waals surface area contributed by atoms with Crippen molar-refractivity contribution in [1.82, 2.24) is 4.57 Å². The number of aliphatic carboxylic acids is 1. The Morgan fingerprint density at radius 2 is 2.05 bits per heavy atom. The molecule has 0 amide bonds.